The average molecular weight is 473 g/mol. The summed E-state index contributed by atoms with van der Waals surface area (Å²) in [7, 11) is 0. The number of hydrogen-bond donors (Lipinski definition) is 1. The lowest BCUT2D eigenvalue weighted by molar-refractivity contribution is 0.0348. The fourth-order valence-corrected chi connectivity index (χ4v) is 4.24. The molecule has 0 aliphatic carbocycles. The maximum Gasteiger partial charge on any atom is 0.411 e. The highest BCUT2D eigenvalue weighted by Gasteiger charge is 2.12. The molecule has 1 aliphatic heterocycles. The van der Waals surface area contributed by atoms with E-state index in [0.717, 1.165) is 56.2 Å². The average Bonchev–Trinajstić information content (AvgIpc) is 3.18. The van der Waals surface area contributed by atoms with Gasteiger partial charge in [-0.25, -0.2) is 13.9 Å². The highest BCUT2D eigenvalue weighted by molar-refractivity contribution is 7.12. The highest BCUT2D eigenvalue weighted by atomic mass is 32.1. The number of amides is 1. The van der Waals surface area contributed by atoms with E-state index in [1.165, 1.54) is 16.8 Å². The van der Waals surface area contributed by atoms with Crippen LogP contribution in [-0.4, -0.2) is 60.2 Å². The van der Waals surface area contributed by atoms with Gasteiger partial charge in [0.2, 0.25) is 0 Å². The van der Waals surface area contributed by atoms with Crippen molar-refractivity contribution in [1.29, 1.82) is 0 Å². The minimum atomic E-state index is -0.515. The van der Waals surface area contributed by atoms with Crippen LogP contribution < -0.4 is 10.2 Å². The van der Waals surface area contributed by atoms with Gasteiger partial charge in [0.05, 0.1) is 26.4 Å². The third kappa shape index (κ3) is 6.70. The minimum Gasteiger partial charge on any atom is -0.449 e. The summed E-state index contributed by atoms with van der Waals surface area (Å²) in [6.45, 7) is 4.77. The second kappa shape index (κ2) is 11.2. The number of aromatic nitrogens is 2. The smallest absolute Gasteiger partial charge is 0.411 e. The van der Waals surface area contributed by atoms with Crippen LogP contribution in [0.15, 0.2) is 53.3 Å². The predicted molar refractivity (Wildman–Crippen MR) is 124 cm³/mol. The van der Waals surface area contributed by atoms with Gasteiger partial charge in [-0.15, -0.1) is 0 Å². The van der Waals surface area contributed by atoms with Gasteiger partial charge in [0, 0.05) is 30.9 Å². The monoisotopic (exact) mass is 472 g/mol. The molecule has 2 heterocycles. The first-order chi connectivity index (χ1) is 16.1. The van der Waals surface area contributed by atoms with Gasteiger partial charge in [0.1, 0.15) is 10.8 Å². The molecule has 174 valence electrons. The molecule has 0 radical (unpaired) electrons. The van der Waals surface area contributed by atoms with Crippen molar-refractivity contribution in [3.63, 3.8) is 0 Å². The summed E-state index contributed by atoms with van der Waals surface area (Å²) in [5.41, 5.74) is 2.06. The number of benzene rings is 2. The number of hydrogen-bond acceptors (Lipinski definition) is 7. The van der Waals surface area contributed by atoms with Gasteiger partial charge in [-0.3, -0.25) is 15.0 Å². The van der Waals surface area contributed by atoms with Crippen molar-refractivity contribution in [2.75, 3.05) is 44.8 Å². The van der Waals surface area contributed by atoms with Gasteiger partial charge in [-0.2, -0.15) is 5.10 Å². The number of ether oxygens (including phenoxy) is 2. The predicted octanol–water partition coefficient (Wildman–Crippen LogP) is 3.43. The van der Waals surface area contributed by atoms with Crippen molar-refractivity contribution in [2.45, 2.75) is 13.0 Å². The standard InChI is InChI=1S/C23H25FN4O4S/c24-19-7-5-18(6-8-19)21-26-28(23(30)33-21)16-17-3-1-4-20(15-17)25-22(29)32-12-2-9-27-10-13-31-14-11-27/h1,3-8,15H,2,9-14,16H2,(H,25,29). The Hall–Kier alpha value is -3.08. The van der Waals surface area contributed by atoms with Crippen LogP contribution in [0.25, 0.3) is 10.6 Å². The van der Waals surface area contributed by atoms with Crippen LogP contribution in [0, 0.1) is 5.82 Å². The summed E-state index contributed by atoms with van der Waals surface area (Å²) in [6.07, 6.45) is 0.245. The van der Waals surface area contributed by atoms with Crippen LogP contribution >= 0.6 is 11.3 Å². The number of morpholine rings is 1. The molecule has 1 aliphatic rings. The quantitative estimate of drug-likeness (QED) is 0.506. The lowest BCUT2D eigenvalue weighted by atomic mass is 10.2. The molecule has 0 unspecified atom stereocenters. The van der Waals surface area contributed by atoms with E-state index in [2.05, 4.69) is 15.3 Å². The summed E-state index contributed by atoms with van der Waals surface area (Å²) in [5.74, 6) is -0.342. The maximum atomic E-state index is 13.1. The number of nitrogens with zero attached hydrogens (tertiary/aromatic N) is 3. The maximum absolute atomic E-state index is 13.1. The number of carbonyl (C=O) groups excluding carboxylic acids is 1. The van der Waals surface area contributed by atoms with Crippen LogP contribution in [0.5, 0.6) is 0 Å². The van der Waals surface area contributed by atoms with E-state index in [1.807, 2.05) is 6.07 Å². The zero-order valence-electron chi connectivity index (χ0n) is 18.0. The number of carbonyl (C=O) groups is 1. The van der Waals surface area contributed by atoms with Crippen LogP contribution in [0.1, 0.15) is 12.0 Å². The van der Waals surface area contributed by atoms with Crippen molar-refractivity contribution >= 4 is 23.1 Å². The topological polar surface area (TPSA) is 85.7 Å². The SMILES string of the molecule is O=C(Nc1cccc(Cn2nc(-c3ccc(F)cc3)sc2=O)c1)OCCCN1CCOCC1. The number of rotatable bonds is 8. The van der Waals surface area contributed by atoms with Crippen LogP contribution in [0.2, 0.25) is 0 Å². The summed E-state index contributed by atoms with van der Waals surface area (Å²) in [6, 6.07) is 13.0. The molecule has 2 aromatic carbocycles. The molecule has 33 heavy (non-hydrogen) atoms. The zero-order valence-corrected chi connectivity index (χ0v) is 18.9. The summed E-state index contributed by atoms with van der Waals surface area (Å²) < 4.78 is 25.1. The van der Waals surface area contributed by atoms with Crippen molar-refractivity contribution in [3.05, 3.63) is 69.6 Å². The molecular formula is C23H25FN4O4S. The van der Waals surface area contributed by atoms with E-state index < -0.39 is 6.09 Å². The van der Waals surface area contributed by atoms with E-state index in [0.29, 0.717) is 22.9 Å². The second-order valence-corrected chi connectivity index (χ2v) is 8.55. The van der Waals surface area contributed by atoms with E-state index in [1.54, 1.807) is 30.3 Å². The van der Waals surface area contributed by atoms with Crippen LogP contribution in [-0.2, 0) is 16.0 Å². The molecule has 8 nitrogen and oxygen atoms in total. The molecule has 0 spiro atoms. The van der Waals surface area contributed by atoms with E-state index in [4.69, 9.17) is 9.47 Å². The molecule has 0 saturated carbocycles. The van der Waals surface area contributed by atoms with Crippen molar-refractivity contribution < 1.29 is 18.7 Å². The molecule has 0 bridgehead atoms. The molecule has 0 atom stereocenters. The normalized spacial score (nSPS) is 14.2. The minimum absolute atomic E-state index is 0.215. The molecule has 1 N–H and O–H groups in total. The van der Waals surface area contributed by atoms with Gasteiger partial charge in [-0.05, 0) is 48.4 Å². The second-order valence-electron chi connectivity index (χ2n) is 7.61. The molecule has 10 heteroatoms. The molecular weight excluding hydrogens is 447 g/mol. The fourth-order valence-electron chi connectivity index (χ4n) is 3.47. The zero-order chi connectivity index (χ0) is 23.0. The Balaban J connectivity index is 1.29. The molecule has 4 rings (SSSR count). The van der Waals surface area contributed by atoms with Gasteiger partial charge >= 0.3 is 11.0 Å². The Morgan fingerprint density at radius 1 is 1.18 bits per heavy atom. The Morgan fingerprint density at radius 2 is 1.97 bits per heavy atom. The summed E-state index contributed by atoms with van der Waals surface area (Å²) in [4.78, 5) is 26.5. The number of halogens is 1. The molecule has 1 aromatic heterocycles. The van der Waals surface area contributed by atoms with Gasteiger partial charge in [0.15, 0.2) is 0 Å². The Kier molecular flexibility index (Phi) is 7.82. The number of nitrogens with one attached hydrogen (secondary N) is 1. The highest BCUT2D eigenvalue weighted by Crippen LogP contribution is 2.20. The molecule has 3 aromatic rings. The first kappa shape index (κ1) is 23.1. The molecule has 1 fully saturated rings. The first-order valence-electron chi connectivity index (χ1n) is 10.7. The van der Waals surface area contributed by atoms with Crippen LogP contribution in [0.4, 0.5) is 14.9 Å². The van der Waals surface area contributed by atoms with Crippen molar-refractivity contribution in [3.8, 4) is 10.6 Å². The van der Waals surface area contributed by atoms with Gasteiger partial charge in [-0.1, -0.05) is 23.5 Å². The van der Waals surface area contributed by atoms with Crippen molar-refractivity contribution in [1.82, 2.24) is 14.7 Å². The number of anilines is 1. The van der Waals surface area contributed by atoms with E-state index >= 15 is 0 Å². The lowest BCUT2D eigenvalue weighted by Gasteiger charge is -2.26. The fraction of sp³-hybridized carbons (Fsp3) is 0.348. The van der Waals surface area contributed by atoms with E-state index in [-0.39, 0.29) is 17.2 Å². The Labute approximate surface area is 194 Å². The molecule has 1 saturated heterocycles. The summed E-state index contributed by atoms with van der Waals surface area (Å²) >= 11 is 1.00. The van der Waals surface area contributed by atoms with Crippen molar-refractivity contribution in [2.24, 2.45) is 0 Å². The first-order valence-corrected chi connectivity index (χ1v) is 11.6. The lowest BCUT2D eigenvalue weighted by Crippen LogP contribution is -2.37. The Morgan fingerprint density at radius 3 is 2.76 bits per heavy atom. The largest absolute Gasteiger partial charge is 0.449 e. The third-order valence-electron chi connectivity index (χ3n) is 5.16. The molecule has 1 amide bonds. The van der Waals surface area contributed by atoms with Crippen LogP contribution in [0.3, 0.4) is 0 Å². The van der Waals surface area contributed by atoms with E-state index in [9.17, 15) is 14.0 Å². The summed E-state index contributed by atoms with van der Waals surface area (Å²) in [5, 5.41) is 7.61. The van der Waals surface area contributed by atoms with Gasteiger partial charge < -0.3 is 9.47 Å². The Bertz CT molecular complexity index is 1130. The van der Waals surface area contributed by atoms with Gasteiger partial charge in [0.25, 0.3) is 0 Å². The third-order valence-corrected chi connectivity index (χ3v) is 6.05.